The summed E-state index contributed by atoms with van der Waals surface area (Å²) in [7, 11) is 0. The molecule has 0 spiro atoms. The maximum absolute atomic E-state index is 5.70. The number of aromatic nitrogens is 2. The first-order valence-electron chi connectivity index (χ1n) is 5.33. The third kappa shape index (κ3) is 2.39. The number of benzene rings is 1. The van der Waals surface area contributed by atoms with Crippen LogP contribution < -0.4 is 5.73 Å². The van der Waals surface area contributed by atoms with Crippen LogP contribution in [-0.4, -0.2) is 10.1 Å². The molecular weight excluding hydrogens is 202 g/mol. The van der Waals surface area contributed by atoms with Crippen molar-refractivity contribution < 1.29 is 4.52 Å². The van der Waals surface area contributed by atoms with E-state index >= 15 is 0 Å². The molecular formula is C12H15N3O. The molecule has 0 atom stereocenters. The minimum atomic E-state index is 0.508. The number of rotatable bonds is 3. The smallest absolute Gasteiger partial charge is 0.227 e. The van der Waals surface area contributed by atoms with Gasteiger partial charge in [0.2, 0.25) is 11.7 Å². The molecule has 2 N–H and O–H groups in total. The molecule has 16 heavy (non-hydrogen) atoms. The normalized spacial score (nSPS) is 10.9. The molecule has 2 rings (SSSR count). The van der Waals surface area contributed by atoms with E-state index < -0.39 is 0 Å². The number of nitrogens with zero attached hydrogens (tertiary/aromatic N) is 2. The van der Waals surface area contributed by atoms with Gasteiger partial charge in [0, 0.05) is 17.7 Å². The van der Waals surface area contributed by atoms with Crippen LogP contribution in [-0.2, 0) is 6.42 Å². The summed E-state index contributed by atoms with van der Waals surface area (Å²) in [5.74, 6) is 1.78. The zero-order valence-electron chi connectivity index (χ0n) is 9.47. The molecule has 0 amide bonds. The largest absolute Gasteiger partial charge is 0.399 e. The lowest BCUT2D eigenvalue weighted by atomic mass is 10.1. The fourth-order valence-electron chi connectivity index (χ4n) is 1.48. The van der Waals surface area contributed by atoms with E-state index in [0.29, 0.717) is 23.3 Å². The minimum absolute atomic E-state index is 0.508. The summed E-state index contributed by atoms with van der Waals surface area (Å²) in [6.07, 6.45) is 0.801. The Bertz CT molecular complexity index is 477. The molecule has 4 heteroatoms. The molecule has 0 saturated carbocycles. The van der Waals surface area contributed by atoms with Gasteiger partial charge in [-0.1, -0.05) is 31.1 Å². The SMILES string of the molecule is CC(C)Cc1nc(-c2cccc(N)c2)no1. The Labute approximate surface area is 94.5 Å². The van der Waals surface area contributed by atoms with Gasteiger partial charge in [0.25, 0.3) is 0 Å². The molecule has 0 unspecified atom stereocenters. The summed E-state index contributed by atoms with van der Waals surface area (Å²) in [5, 5.41) is 3.94. The second-order valence-corrected chi connectivity index (χ2v) is 4.24. The monoisotopic (exact) mass is 217 g/mol. The molecule has 0 aliphatic heterocycles. The average molecular weight is 217 g/mol. The van der Waals surface area contributed by atoms with Gasteiger partial charge in [0.05, 0.1) is 0 Å². The van der Waals surface area contributed by atoms with E-state index in [1.807, 2.05) is 24.3 Å². The number of hydrogen-bond acceptors (Lipinski definition) is 4. The third-order valence-corrected chi connectivity index (χ3v) is 2.20. The van der Waals surface area contributed by atoms with Gasteiger partial charge in [-0.15, -0.1) is 0 Å². The summed E-state index contributed by atoms with van der Waals surface area (Å²) in [5.41, 5.74) is 7.29. The van der Waals surface area contributed by atoms with Crippen LogP contribution >= 0.6 is 0 Å². The Morgan fingerprint density at radius 3 is 2.88 bits per heavy atom. The molecule has 2 aromatic rings. The van der Waals surface area contributed by atoms with Crippen LogP contribution in [0.25, 0.3) is 11.4 Å². The molecule has 0 radical (unpaired) electrons. The molecule has 0 aliphatic rings. The zero-order valence-corrected chi connectivity index (χ0v) is 9.47. The lowest BCUT2D eigenvalue weighted by Crippen LogP contribution is -1.93. The molecule has 1 heterocycles. The standard InChI is InChI=1S/C12H15N3O/c1-8(2)6-11-14-12(15-16-11)9-4-3-5-10(13)7-9/h3-5,7-8H,6,13H2,1-2H3. The molecule has 84 valence electrons. The second-order valence-electron chi connectivity index (χ2n) is 4.24. The number of anilines is 1. The van der Waals surface area contributed by atoms with Crippen LogP contribution in [0.2, 0.25) is 0 Å². The molecule has 1 aromatic heterocycles. The zero-order chi connectivity index (χ0) is 11.5. The first-order chi connectivity index (χ1) is 7.65. The quantitative estimate of drug-likeness (QED) is 0.802. The van der Waals surface area contributed by atoms with Crippen LogP contribution in [0.3, 0.4) is 0 Å². The van der Waals surface area contributed by atoms with Gasteiger partial charge in [-0.3, -0.25) is 0 Å². The van der Waals surface area contributed by atoms with Crippen molar-refractivity contribution in [1.82, 2.24) is 10.1 Å². The average Bonchev–Trinajstić information content (AvgIpc) is 2.65. The Morgan fingerprint density at radius 2 is 2.19 bits per heavy atom. The topological polar surface area (TPSA) is 64.9 Å². The van der Waals surface area contributed by atoms with Gasteiger partial charge in [-0.05, 0) is 18.1 Å². The fourth-order valence-corrected chi connectivity index (χ4v) is 1.48. The summed E-state index contributed by atoms with van der Waals surface area (Å²) in [6, 6.07) is 7.46. The van der Waals surface area contributed by atoms with Crippen LogP contribution in [0.15, 0.2) is 28.8 Å². The molecule has 0 bridgehead atoms. The van der Waals surface area contributed by atoms with Crippen LogP contribution in [0.1, 0.15) is 19.7 Å². The fraction of sp³-hybridized carbons (Fsp3) is 0.333. The maximum Gasteiger partial charge on any atom is 0.227 e. The summed E-state index contributed by atoms with van der Waals surface area (Å²) < 4.78 is 5.17. The van der Waals surface area contributed by atoms with Crippen molar-refractivity contribution in [2.45, 2.75) is 20.3 Å². The first kappa shape index (κ1) is 10.7. The highest BCUT2D eigenvalue weighted by Gasteiger charge is 2.09. The predicted molar refractivity (Wildman–Crippen MR) is 62.7 cm³/mol. The minimum Gasteiger partial charge on any atom is -0.399 e. The summed E-state index contributed by atoms with van der Waals surface area (Å²) >= 11 is 0. The predicted octanol–water partition coefficient (Wildman–Crippen LogP) is 2.52. The Kier molecular flexibility index (Phi) is 2.90. The van der Waals surface area contributed by atoms with Gasteiger partial charge in [-0.25, -0.2) is 0 Å². The van der Waals surface area contributed by atoms with E-state index in [9.17, 15) is 0 Å². The van der Waals surface area contributed by atoms with Gasteiger partial charge >= 0.3 is 0 Å². The van der Waals surface area contributed by atoms with Crippen molar-refractivity contribution in [1.29, 1.82) is 0 Å². The number of nitrogen functional groups attached to an aromatic ring is 1. The Balaban J connectivity index is 2.24. The van der Waals surface area contributed by atoms with Crippen molar-refractivity contribution in [3.63, 3.8) is 0 Å². The van der Waals surface area contributed by atoms with Crippen molar-refractivity contribution in [2.24, 2.45) is 5.92 Å². The highest BCUT2D eigenvalue weighted by Crippen LogP contribution is 2.19. The maximum atomic E-state index is 5.70. The van der Waals surface area contributed by atoms with E-state index in [4.69, 9.17) is 10.3 Å². The molecule has 0 aliphatic carbocycles. The van der Waals surface area contributed by atoms with Gasteiger partial charge in [0.15, 0.2) is 0 Å². The van der Waals surface area contributed by atoms with Gasteiger partial charge in [0.1, 0.15) is 0 Å². The molecule has 4 nitrogen and oxygen atoms in total. The second kappa shape index (κ2) is 4.35. The van der Waals surface area contributed by atoms with Crippen molar-refractivity contribution in [2.75, 3.05) is 5.73 Å². The summed E-state index contributed by atoms with van der Waals surface area (Å²) in [6.45, 7) is 4.23. The van der Waals surface area contributed by atoms with E-state index in [-0.39, 0.29) is 0 Å². The summed E-state index contributed by atoms with van der Waals surface area (Å²) in [4.78, 5) is 4.33. The number of hydrogen-bond donors (Lipinski definition) is 1. The Hall–Kier alpha value is -1.84. The van der Waals surface area contributed by atoms with E-state index in [1.54, 1.807) is 0 Å². The van der Waals surface area contributed by atoms with Crippen LogP contribution in [0.5, 0.6) is 0 Å². The van der Waals surface area contributed by atoms with E-state index in [2.05, 4.69) is 24.0 Å². The van der Waals surface area contributed by atoms with E-state index in [1.165, 1.54) is 0 Å². The van der Waals surface area contributed by atoms with Crippen molar-refractivity contribution in [3.05, 3.63) is 30.2 Å². The van der Waals surface area contributed by atoms with Crippen LogP contribution in [0, 0.1) is 5.92 Å². The first-order valence-corrected chi connectivity index (χ1v) is 5.33. The van der Waals surface area contributed by atoms with Crippen LogP contribution in [0.4, 0.5) is 5.69 Å². The van der Waals surface area contributed by atoms with Crippen molar-refractivity contribution >= 4 is 5.69 Å². The third-order valence-electron chi connectivity index (χ3n) is 2.20. The van der Waals surface area contributed by atoms with Gasteiger partial charge in [-0.2, -0.15) is 4.98 Å². The Morgan fingerprint density at radius 1 is 1.38 bits per heavy atom. The molecule has 0 saturated heterocycles. The highest BCUT2D eigenvalue weighted by molar-refractivity contribution is 5.60. The molecule has 1 aromatic carbocycles. The lowest BCUT2D eigenvalue weighted by molar-refractivity contribution is 0.363. The number of nitrogens with two attached hydrogens (primary N) is 1. The lowest BCUT2D eigenvalue weighted by Gasteiger charge is -1.97. The highest BCUT2D eigenvalue weighted by atomic mass is 16.5. The molecule has 0 fully saturated rings. The van der Waals surface area contributed by atoms with Crippen molar-refractivity contribution in [3.8, 4) is 11.4 Å². The van der Waals surface area contributed by atoms with Gasteiger partial charge < -0.3 is 10.3 Å². The van der Waals surface area contributed by atoms with E-state index in [0.717, 1.165) is 12.0 Å².